The highest BCUT2D eigenvalue weighted by atomic mass is 16.5. The summed E-state index contributed by atoms with van der Waals surface area (Å²) in [6.45, 7) is 7.23. The van der Waals surface area contributed by atoms with Crippen molar-refractivity contribution in [1.29, 1.82) is 0 Å². The first-order valence-corrected chi connectivity index (χ1v) is 9.77. The van der Waals surface area contributed by atoms with Crippen LogP contribution in [0.3, 0.4) is 0 Å². The number of carbonyl (C=O) groups excluding carboxylic acids is 1. The summed E-state index contributed by atoms with van der Waals surface area (Å²) in [6, 6.07) is 0.249. The fourth-order valence-electron chi connectivity index (χ4n) is 4.66. The van der Waals surface area contributed by atoms with E-state index in [1.165, 1.54) is 44.9 Å². The molecule has 0 aromatic heterocycles. The van der Waals surface area contributed by atoms with Gasteiger partial charge in [-0.3, -0.25) is 4.79 Å². The molecule has 1 atom stereocenters. The van der Waals surface area contributed by atoms with Crippen molar-refractivity contribution in [2.45, 2.75) is 89.4 Å². The van der Waals surface area contributed by atoms with E-state index in [0.717, 1.165) is 32.5 Å². The molecule has 1 N–H and O–H groups in total. The highest BCUT2D eigenvalue weighted by molar-refractivity contribution is 5.78. The summed E-state index contributed by atoms with van der Waals surface area (Å²) in [7, 11) is 0. The van der Waals surface area contributed by atoms with E-state index in [1.807, 2.05) is 13.8 Å². The summed E-state index contributed by atoms with van der Waals surface area (Å²) in [4.78, 5) is 14.6. The van der Waals surface area contributed by atoms with E-state index in [0.29, 0.717) is 6.10 Å². The summed E-state index contributed by atoms with van der Waals surface area (Å²) in [5.41, 5.74) is 0.235. The molecule has 2 saturated heterocycles. The van der Waals surface area contributed by atoms with E-state index in [9.17, 15) is 4.79 Å². The van der Waals surface area contributed by atoms with E-state index < -0.39 is 0 Å². The standard InChI is InChI=1S/C19H34N2O2/c1-15(2)20-18(22)16-7-12-21(13-8-16)14-17-6-11-19(23-17)9-4-3-5-10-19/h15-17H,3-14H2,1-2H3,(H,20,22)/t17-/m1/s1. The van der Waals surface area contributed by atoms with Crippen molar-refractivity contribution in [3.05, 3.63) is 0 Å². The Morgan fingerprint density at radius 1 is 1.13 bits per heavy atom. The normalized spacial score (nSPS) is 29.3. The second kappa shape index (κ2) is 7.52. The Morgan fingerprint density at radius 2 is 1.83 bits per heavy atom. The Hall–Kier alpha value is -0.610. The molecule has 0 aromatic carbocycles. The van der Waals surface area contributed by atoms with Crippen LogP contribution in [0.15, 0.2) is 0 Å². The molecular weight excluding hydrogens is 288 g/mol. The van der Waals surface area contributed by atoms with Crippen molar-refractivity contribution in [2.24, 2.45) is 5.92 Å². The summed E-state index contributed by atoms with van der Waals surface area (Å²) in [5.74, 6) is 0.459. The zero-order valence-electron chi connectivity index (χ0n) is 15.0. The third kappa shape index (κ3) is 4.48. The SMILES string of the molecule is CC(C)NC(=O)C1CCN(C[C@H]2CCC3(CCCCC3)O2)CC1. The van der Waals surface area contributed by atoms with Crippen LogP contribution >= 0.6 is 0 Å². The third-order valence-corrected chi connectivity index (χ3v) is 5.95. The Bertz CT molecular complexity index is 396. The van der Waals surface area contributed by atoms with Gasteiger partial charge in [0.2, 0.25) is 5.91 Å². The minimum absolute atomic E-state index is 0.211. The van der Waals surface area contributed by atoms with E-state index in [1.54, 1.807) is 0 Å². The molecule has 3 fully saturated rings. The molecule has 23 heavy (non-hydrogen) atoms. The Morgan fingerprint density at radius 3 is 2.48 bits per heavy atom. The molecule has 4 nitrogen and oxygen atoms in total. The second-order valence-electron chi connectivity index (χ2n) is 8.26. The lowest BCUT2D eigenvalue weighted by Gasteiger charge is -2.36. The average Bonchev–Trinajstić information content (AvgIpc) is 2.90. The van der Waals surface area contributed by atoms with Gasteiger partial charge in [0.1, 0.15) is 0 Å². The summed E-state index contributed by atoms with van der Waals surface area (Å²) in [6.07, 6.45) is 11.6. The largest absolute Gasteiger partial charge is 0.370 e. The van der Waals surface area contributed by atoms with Gasteiger partial charge in [0.15, 0.2) is 0 Å². The maximum atomic E-state index is 12.1. The van der Waals surface area contributed by atoms with E-state index >= 15 is 0 Å². The number of piperidine rings is 1. The Labute approximate surface area is 141 Å². The fourth-order valence-corrected chi connectivity index (χ4v) is 4.66. The highest BCUT2D eigenvalue weighted by Gasteiger charge is 2.41. The van der Waals surface area contributed by atoms with Gasteiger partial charge in [-0.2, -0.15) is 0 Å². The van der Waals surface area contributed by atoms with Gasteiger partial charge in [0, 0.05) is 18.5 Å². The molecule has 3 rings (SSSR count). The maximum Gasteiger partial charge on any atom is 0.223 e. The Kier molecular flexibility index (Phi) is 5.63. The lowest BCUT2D eigenvalue weighted by Crippen LogP contribution is -2.44. The number of hydrogen-bond acceptors (Lipinski definition) is 3. The van der Waals surface area contributed by atoms with Gasteiger partial charge in [0.05, 0.1) is 11.7 Å². The number of amides is 1. The van der Waals surface area contributed by atoms with Crippen molar-refractivity contribution in [1.82, 2.24) is 10.2 Å². The molecule has 4 heteroatoms. The first-order valence-electron chi connectivity index (χ1n) is 9.77. The van der Waals surface area contributed by atoms with Crippen LogP contribution in [0, 0.1) is 5.92 Å². The van der Waals surface area contributed by atoms with Gasteiger partial charge in [0.25, 0.3) is 0 Å². The van der Waals surface area contributed by atoms with E-state index in [-0.39, 0.29) is 23.5 Å². The third-order valence-electron chi connectivity index (χ3n) is 5.95. The minimum atomic E-state index is 0.211. The van der Waals surface area contributed by atoms with Gasteiger partial charge in [-0.15, -0.1) is 0 Å². The first-order chi connectivity index (χ1) is 11.1. The average molecular weight is 322 g/mol. The van der Waals surface area contributed by atoms with Gasteiger partial charge in [-0.1, -0.05) is 19.3 Å². The smallest absolute Gasteiger partial charge is 0.223 e. The number of hydrogen-bond donors (Lipinski definition) is 1. The second-order valence-corrected chi connectivity index (χ2v) is 8.26. The predicted octanol–water partition coefficient (Wildman–Crippen LogP) is 3.10. The van der Waals surface area contributed by atoms with Crippen LogP contribution in [0.4, 0.5) is 0 Å². The number of carbonyl (C=O) groups is 1. The Balaban J connectivity index is 1.40. The number of nitrogens with one attached hydrogen (secondary N) is 1. The van der Waals surface area contributed by atoms with Crippen LogP contribution < -0.4 is 5.32 Å². The molecule has 132 valence electrons. The zero-order chi connectivity index (χ0) is 16.3. The molecule has 2 heterocycles. The van der Waals surface area contributed by atoms with Crippen LogP contribution in [0.1, 0.15) is 71.6 Å². The van der Waals surface area contributed by atoms with Crippen molar-refractivity contribution in [3.63, 3.8) is 0 Å². The van der Waals surface area contributed by atoms with Crippen molar-refractivity contribution in [3.8, 4) is 0 Å². The molecule has 3 aliphatic rings. The number of rotatable bonds is 4. The van der Waals surface area contributed by atoms with Crippen LogP contribution in [-0.2, 0) is 9.53 Å². The molecule has 0 radical (unpaired) electrons. The molecule has 1 saturated carbocycles. The topological polar surface area (TPSA) is 41.6 Å². The van der Waals surface area contributed by atoms with Crippen LogP contribution in [-0.4, -0.2) is 48.2 Å². The number of nitrogens with zero attached hydrogens (tertiary/aromatic N) is 1. The fraction of sp³-hybridized carbons (Fsp3) is 0.947. The van der Waals surface area contributed by atoms with E-state index in [2.05, 4.69) is 10.2 Å². The minimum Gasteiger partial charge on any atom is -0.370 e. The van der Waals surface area contributed by atoms with Gasteiger partial charge >= 0.3 is 0 Å². The predicted molar refractivity (Wildman–Crippen MR) is 92.4 cm³/mol. The van der Waals surface area contributed by atoms with Gasteiger partial charge in [-0.05, 0) is 65.5 Å². The molecule has 1 amide bonds. The molecule has 0 bridgehead atoms. The van der Waals surface area contributed by atoms with Gasteiger partial charge < -0.3 is 15.0 Å². The molecule has 0 aromatic rings. The molecular formula is C19H34N2O2. The van der Waals surface area contributed by atoms with Crippen LogP contribution in [0.2, 0.25) is 0 Å². The number of likely N-dealkylation sites (tertiary alicyclic amines) is 1. The molecule has 2 aliphatic heterocycles. The molecule has 1 spiro atoms. The van der Waals surface area contributed by atoms with Crippen LogP contribution in [0.5, 0.6) is 0 Å². The van der Waals surface area contributed by atoms with Crippen LogP contribution in [0.25, 0.3) is 0 Å². The van der Waals surface area contributed by atoms with Gasteiger partial charge in [-0.25, -0.2) is 0 Å². The lowest BCUT2D eigenvalue weighted by molar-refractivity contribution is -0.127. The first kappa shape index (κ1) is 17.2. The molecule has 0 unspecified atom stereocenters. The number of ether oxygens (including phenoxy) is 1. The highest BCUT2D eigenvalue weighted by Crippen LogP contribution is 2.42. The monoisotopic (exact) mass is 322 g/mol. The quantitative estimate of drug-likeness (QED) is 0.865. The summed E-state index contributed by atoms with van der Waals surface area (Å²) >= 11 is 0. The maximum absolute atomic E-state index is 12.1. The summed E-state index contributed by atoms with van der Waals surface area (Å²) in [5, 5.41) is 3.06. The van der Waals surface area contributed by atoms with Crippen molar-refractivity contribution in [2.75, 3.05) is 19.6 Å². The summed E-state index contributed by atoms with van der Waals surface area (Å²) < 4.78 is 6.50. The van der Waals surface area contributed by atoms with E-state index in [4.69, 9.17) is 4.74 Å². The zero-order valence-corrected chi connectivity index (χ0v) is 15.0. The van der Waals surface area contributed by atoms with Crippen molar-refractivity contribution >= 4 is 5.91 Å². The molecule has 1 aliphatic carbocycles. The lowest BCUT2D eigenvalue weighted by atomic mass is 9.83. The van der Waals surface area contributed by atoms with Crippen molar-refractivity contribution < 1.29 is 9.53 Å².